The molecule has 2 aliphatic heterocycles. The van der Waals surface area contributed by atoms with E-state index in [1.165, 1.54) is 179 Å². The highest BCUT2D eigenvalue weighted by Crippen LogP contribution is 2.46. The summed E-state index contributed by atoms with van der Waals surface area (Å²) in [5.74, 6) is 15.3. The van der Waals surface area contributed by atoms with Crippen molar-refractivity contribution in [1.29, 1.82) is 0 Å². The van der Waals surface area contributed by atoms with Gasteiger partial charge in [0.15, 0.2) is 34.9 Å². The van der Waals surface area contributed by atoms with Crippen LogP contribution >= 0.6 is 0 Å². The van der Waals surface area contributed by atoms with Gasteiger partial charge in [0, 0.05) is 120 Å². The van der Waals surface area contributed by atoms with Crippen molar-refractivity contribution in [3.8, 4) is 0 Å². The number of aromatic nitrogens is 16. The highest BCUT2D eigenvalue weighted by atomic mass is 19.3. The zero-order valence-corrected chi connectivity index (χ0v) is 75.8. The predicted octanol–water partition coefficient (Wildman–Crippen LogP) is 22.1. The fourth-order valence-electron chi connectivity index (χ4n) is 17.5. The van der Waals surface area contributed by atoms with Crippen LogP contribution in [0.25, 0.3) is 0 Å². The number of aryl methyl sites for hydroxylation is 9. The fourth-order valence-corrected chi connectivity index (χ4v) is 17.5. The first-order chi connectivity index (χ1) is 57.4. The molecule has 11 heterocycles. The largest absolute Gasteiger partial charge is 0.425 e. The number of hydrogen-bond donors (Lipinski definition) is 0. The second-order valence-corrected chi connectivity index (χ2v) is 37.5. The van der Waals surface area contributed by atoms with Crippen LogP contribution in [0.4, 0.5) is 20.8 Å². The molecule has 9 aliphatic rings. The van der Waals surface area contributed by atoms with Gasteiger partial charge in [-0.2, -0.15) is 29.9 Å². The number of halogens is 2. The van der Waals surface area contributed by atoms with Gasteiger partial charge in [-0.1, -0.05) is 148 Å². The lowest BCUT2D eigenvalue weighted by atomic mass is 9.73. The predicted molar refractivity (Wildman–Crippen MR) is 454 cm³/mol. The Hall–Kier alpha value is -8.18. The Labute approximate surface area is 710 Å². The Morgan fingerprint density at radius 1 is 0.383 bits per heavy atom. The molecule has 7 saturated carbocycles. The summed E-state index contributed by atoms with van der Waals surface area (Å²) in [4.78, 5) is 31.8. The van der Waals surface area contributed by atoms with Gasteiger partial charge in [-0.3, -0.25) is 0 Å². The summed E-state index contributed by atoms with van der Waals surface area (Å²) in [5, 5.41) is 38.8. The van der Waals surface area contributed by atoms with E-state index in [0.29, 0.717) is 89.2 Å². The van der Waals surface area contributed by atoms with Crippen molar-refractivity contribution in [3.63, 3.8) is 0 Å². The van der Waals surface area contributed by atoms with Gasteiger partial charge in [0.05, 0.1) is 11.4 Å². The Balaban J connectivity index is 0.000000142. The van der Waals surface area contributed by atoms with Gasteiger partial charge in [0.25, 0.3) is 5.92 Å². The SMILES string of the molecule is Cc1cc(C2CCC(C)CC2)no1.Cc1cc(C2CCC(C)CC2)on1.Cc1nc(C2CCC(C)CC2)no1.Cc1nnc(C2CCC(C)CC2)o1.Cc1noc(C2CCC(C)(C)CC2)n1.Cc1noc(C2CCC(C)C(F)(F)C2)n1.Cc1noc(CC2CCC(C)CC2)n1.Cc1noc(N2CCCCC2)n1.Cc1noc(N2CCN(C)CC2)n1. The Bertz CT molecular complexity index is 3940. The number of piperidine rings is 1. The van der Waals surface area contributed by atoms with E-state index >= 15 is 0 Å². The van der Waals surface area contributed by atoms with Gasteiger partial charge in [0.1, 0.15) is 11.5 Å². The van der Waals surface area contributed by atoms with Crippen LogP contribution < -0.4 is 9.80 Å². The van der Waals surface area contributed by atoms with E-state index < -0.39 is 11.8 Å². The topological polar surface area (TPSA) is 334 Å². The zero-order valence-electron chi connectivity index (χ0n) is 75.8. The molecule has 0 N–H and O–H groups in total. The molecule has 28 nitrogen and oxygen atoms in total. The van der Waals surface area contributed by atoms with Crippen LogP contribution in [-0.2, 0) is 6.42 Å². The van der Waals surface area contributed by atoms with Crippen molar-refractivity contribution < 1.29 is 49.4 Å². The van der Waals surface area contributed by atoms with Crippen LogP contribution in [0.5, 0.6) is 0 Å². The van der Waals surface area contributed by atoms with E-state index in [1.807, 2.05) is 55.4 Å². The Morgan fingerprint density at radius 3 is 1.29 bits per heavy atom. The van der Waals surface area contributed by atoms with Gasteiger partial charge < -0.3 is 55.3 Å². The van der Waals surface area contributed by atoms with Gasteiger partial charge in [-0.15, -0.1) is 10.2 Å². The average molecular weight is 1670 g/mol. The third-order valence-corrected chi connectivity index (χ3v) is 25.9. The molecule has 9 fully saturated rings. The molecule has 2 atom stereocenters. The molecule has 120 heavy (non-hydrogen) atoms. The molecule has 0 radical (unpaired) electrons. The van der Waals surface area contributed by atoms with Crippen LogP contribution in [-0.4, -0.2) is 138 Å². The maximum Gasteiger partial charge on any atom is 0.324 e. The lowest BCUT2D eigenvalue weighted by molar-refractivity contribution is -0.0874. The van der Waals surface area contributed by atoms with E-state index in [4.69, 9.17) is 40.6 Å². The van der Waals surface area contributed by atoms with Crippen LogP contribution in [0.2, 0.25) is 0 Å². The minimum Gasteiger partial charge on any atom is -0.425 e. The van der Waals surface area contributed by atoms with E-state index in [2.05, 4.69) is 164 Å². The summed E-state index contributed by atoms with van der Waals surface area (Å²) in [6.45, 7) is 40.8. The number of nitrogens with zero attached hydrogens (tertiary/aromatic N) is 19. The summed E-state index contributed by atoms with van der Waals surface area (Å²) in [6.07, 6.45) is 36.6. The summed E-state index contributed by atoms with van der Waals surface area (Å²) in [6, 6.07) is 5.51. The smallest absolute Gasteiger partial charge is 0.324 e. The van der Waals surface area contributed by atoms with Crippen molar-refractivity contribution >= 4 is 12.0 Å². The number of likely N-dealkylation sites (N-methyl/N-ethyl adjacent to an activating group) is 1. The number of alkyl halides is 2. The third-order valence-electron chi connectivity index (χ3n) is 25.9. The molecule has 2 unspecified atom stereocenters. The van der Waals surface area contributed by atoms with Gasteiger partial charge in [0.2, 0.25) is 35.3 Å². The Morgan fingerprint density at radius 2 is 0.850 bits per heavy atom. The lowest BCUT2D eigenvalue weighted by Crippen LogP contribution is -2.44. The number of piperazine rings is 1. The highest BCUT2D eigenvalue weighted by molar-refractivity contribution is 5.26. The molecule has 9 aromatic heterocycles. The lowest BCUT2D eigenvalue weighted by Gasteiger charge is -2.32. The van der Waals surface area contributed by atoms with E-state index in [1.54, 1.807) is 13.8 Å². The second kappa shape index (κ2) is 46.3. The molecular formula is C90H143F2N19O9. The van der Waals surface area contributed by atoms with Crippen LogP contribution in [0.3, 0.4) is 0 Å². The normalized spacial score (nSPS) is 26.2. The first kappa shape index (κ1) is 94.1. The molecule has 18 rings (SSSR count). The van der Waals surface area contributed by atoms with Gasteiger partial charge >= 0.3 is 12.0 Å². The summed E-state index contributed by atoms with van der Waals surface area (Å²) in [5.41, 5.74) is 2.68. The number of anilines is 2. The van der Waals surface area contributed by atoms with Crippen molar-refractivity contribution in [1.82, 2.24) is 86.3 Å². The maximum atomic E-state index is 13.5. The fraction of sp³-hybridized carbons (Fsp3) is 0.778. The molecule has 666 valence electrons. The summed E-state index contributed by atoms with van der Waals surface area (Å²) < 4.78 is 73.1. The van der Waals surface area contributed by atoms with Crippen LogP contribution in [0.1, 0.15) is 377 Å². The summed E-state index contributed by atoms with van der Waals surface area (Å²) >= 11 is 0. The molecule has 0 bridgehead atoms. The summed E-state index contributed by atoms with van der Waals surface area (Å²) in [7, 11) is 2.12. The number of hydrogen-bond acceptors (Lipinski definition) is 28. The monoisotopic (exact) mass is 1670 g/mol. The maximum absolute atomic E-state index is 13.5. The standard InChI is InChI=1S/2C11H18N2O.2C11H17NO.C10H14F2N2O.2C10H16N2O.C8H14N4O.C8H13N3O/c1-8-12-10(14-13-8)9-4-6-11(2,3)7-5-9;1-8-3-5-10(6-4-8)7-11-12-9(2)13-14-11;1-8-3-5-10(6-4-8)11-7-9(2)13-12-11;1-8-3-5-10(6-4-8)11-7-9(2)12-13-11;1-6-3-4-8(5-10(6,11)12)9-13-7(2)14-15-9;1-7-3-5-9(6-4-7)10-12-11-8(2)13-10;1-7-3-5-9(6-4-7)10-11-8(2)13-12-10;1-7-9-8(13-10-7)12-5-3-11(2)4-6-12;1-7-9-8(12-10-7)11-5-3-2-4-6-11/h9H,4-7H2,1-3H3;8,10H,3-7H2,1-2H3;2*7-8,10H,3-6H2,1-2H3;6,8H,3-5H2,1-2H3;2*7,9H,3-6H2,1-2H3;3-6H2,1-2H3;2-6H2,1H3. The molecule has 0 aromatic carbocycles. The van der Waals surface area contributed by atoms with Crippen molar-refractivity contribution in [2.75, 3.05) is 56.1 Å². The molecule has 2 saturated heterocycles. The van der Waals surface area contributed by atoms with Crippen LogP contribution in [0.15, 0.2) is 52.7 Å². The zero-order chi connectivity index (χ0) is 85.9. The first-order valence-corrected chi connectivity index (χ1v) is 45.5. The van der Waals surface area contributed by atoms with E-state index in [-0.39, 0.29) is 12.3 Å². The molecule has 0 amide bonds. The molecule has 30 heteroatoms. The van der Waals surface area contributed by atoms with E-state index in [0.717, 1.165) is 139 Å². The number of rotatable bonds is 10. The average Bonchev–Trinajstić information content (AvgIpc) is 0.891. The highest BCUT2D eigenvalue weighted by Gasteiger charge is 2.45. The van der Waals surface area contributed by atoms with E-state index in [9.17, 15) is 8.78 Å². The molecular weight excluding hydrogens is 1530 g/mol. The Kier molecular flexibility index (Phi) is 36.3. The third kappa shape index (κ3) is 31.0. The molecule has 9 aromatic rings. The first-order valence-electron chi connectivity index (χ1n) is 45.5. The quantitative estimate of drug-likeness (QED) is 0.123. The van der Waals surface area contributed by atoms with Crippen molar-refractivity contribution in [3.05, 3.63) is 105 Å². The van der Waals surface area contributed by atoms with Gasteiger partial charge in [-0.25, -0.2) is 8.78 Å². The van der Waals surface area contributed by atoms with Crippen molar-refractivity contribution in [2.45, 2.75) is 358 Å². The minimum atomic E-state index is -2.61. The second-order valence-electron chi connectivity index (χ2n) is 37.5. The van der Waals surface area contributed by atoms with Crippen molar-refractivity contribution in [2.24, 2.45) is 46.8 Å². The molecule has 7 aliphatic carbocycles. The van der Waals surface area contributed by atoms with Gasteiger partial charge in [-0.05, 0) is 231 Å². The minimum absolute atomic E-state index is 0.171. The van der Waals surface area contributed by atoms with Crippen LogP contribution in [0, 0.1) is 109 Å². The molecule has 0 spiro atoms.